The number of rotatable bonds is 11. The number of nitrogens with one attached hydrogen (secondary N) is 2. The van der Waals surface area contributed by atoms with Gasteiger partial charge in [-0.15, -0.1) is 0 Å². The average molecular weight is 471 g/mol. The second kappa shape index (κ2) is 12.9. The zero-order chi connectivity index (χ0) is 24.3. The lowest BCUT2D eigenvalue weighted by atomic mass is 10.2. The Balaban J connectivity index is 1.35. The summed E-state index contributed by atoms with van der Waals surface area (Å²) in [6, 6.07) is 14.4. The number of aliphatic hydroxyl groups is 1. The van der Waals surface area contributed by atoms with Crippen LogP contribution in [-0.4, -0.2) is 85.8 Å². The Morgan fingerprint density at radius 2 is 1.47 bits per heavy atom. The SMILES string of the molecule is CCC(=O)Nc1ccc(NC(=O)CN2CCN(CC(O)COc3ccccc3OC)CC2)cc1. The molecule has 184 valence electrons. The number of piperazine rings is 1. The van der Waals surface area contributed by atoms with Crippen LogP contribution >= 0.6 is 0 Å². The van der Waals surface area contributed by atoms with Crippen molar-refractivity contribution in [2.75, 3.05) is 63.6 Å². The number of para-hydroxylation sites is 2. The fourth-order valence-corrected chi connectivity index (χ4v) is 3.69. The monoisotopic (exact) mass is 470 g/mol. The van der Waals surface area contributed by atoms with Crippen molar-refractivity contribution < 1.29 is 24.2 Å². The van der Waals surface area contributed by atoms with Gasteiger partial charge in [0.15, 0.2) is 11.5 Å². The number of ether oxygens (including phenoxy) is 2. The molecule has 1 heterocycles. The topological polar surface area (TPSA) is 103 Å². The summed E-state index contributed by atoms with van der Waals surface area (Å²) in [5.41, 5.74) is 1.40. The minimum absolute atomic E-state index is 0.0487. The van der Waals surface area contributed by atoms with Gasteiger partial charge < -0.3 is 25.2 Å². The minimum Gasteiger partial charge on any atom is -0.493 e. The van der Waals surface area contributed by atoms with Crippen molar-refractivity contribution in [1.29, 1.82) is 0 Å². The molecule has 1 aliphatic heterocycles. The Labute approximate surface area is 200 Å². The number of carbonyl (C=O) groups excluding carboxylic acids is 2. The second-order valence-electron chi connectivity index (χ2n) is 8.22. The zero-order valence-corrected chi connectivity index (χ0v) is 19.8. The van der Waals surface area contributed by atoms with E-state index < -0.39 is 6.10 Å². The summed E-state index contributed by atoms with van der Waals surface area (Å²) in [5, 5.41) is 16.1. The highest BCUT2D eigenvalue weighted by Gasteiger charge is 2.21. The molecular formula is C25H34N4O5. The van der Waals surface area contributed by atoms with E-state index in [1.54, 1.807) is 38.3 Å². The second-order valence-corrected chi connectivity index (χ2v) is 8.22. The van der Waals surface area contributed by atoms with E-state index in [1.165, 1.54) is 0 Å². The van der Waals surface area contributed by atoms with Gasteiger partial charge in [-0.3, -0.25) is 19.4 Å². The lowest BCUT2D eigenvalue weighted by molar-refractivity contribution is -0.118. The molecule has 1 fully saturated rings. The molecule has 0 radical (unpaired) electrons. The fraction of sp³-hybridized carbons (Fsp3) is 0.440. The normalized spacial score (nSPS) is 15.4. The van der Waals surface area contributed by atoms with Crippen molar-refractivity contribution in [3.63, 3.8) is 0 Å². The number of amides is 2. The Bertz CT molecular complexity index is 929. The first-order valence-electron chi connectivity index (χ1n) is 11.5. The molecular weight excluding hydrogens is 436 g/mol. The van der Waals surface area contributed by atoms with E-state index in [1.807, 2.05) is 24.3 Å². The predicted molar refractivity (Wildman–Crippen MR) is 131 cm³/mol. The molecule has 0 aliphatic carbocycles. The molecule has 1 saturated heterocycles. The van der Waals surface area contributed by atoms with Gasteiger partial charge in [-0.1, -0.05) is 19.1 Å². The number of hydrogen-bond donors (Lipinski definition) is 3. The third kappa shape index (κ3) is 8.02. The number of aliphatic hydroxyl groups excluding tert-OH is 1. The Morgan fingerprint density at radius 1 is 0.912 bits per heavy atom. The molecule has 3 rings (SSSR count). The summed E-state index contributed by atoms with van der Waals surface area (Å²) in [7, 11) is 1.59. The fourth-order valence-electron chi connectivity index (χ4n) is 3.69. The van der Waals surface area contributed by atoms with Crippen molar-refractivity contribution in [2.24, 2.45) is 0 Å². The highest BCUT2D eigenvalue weighted by atomic mass is 16.5. The third-order valence-electron chi connectivity index (χ3n) is 5.57. The van der Waals surface area contributed by atoms with E-state index in [0.717, 1.165) is 26.2 Å². The maximum Gasteiger partial charge on any atom is 0.238 e. The quantitative estimate of drug-likeness (QED) is 0.462. The summed E-state index contributed by atoms with van der Waals surface area (Å²) in [6.07, 6.45) is -0.202. The van der Waals surface area contributed by atoms with Gasteiger partial charge in [0.1, 0.15) is 12.7 Å². The molecule has 1 atom stereocenters. The predicted octanol–water partition coefficient (Wildman–Crippen LogP) is 2.04. The maximum absolute atomic E-state index is 12.4. The van der Waals surface area contributed by atoms with Crippen LogP contribution in [0.5, 0.6) is 11.5 Å². The van der Waals surface area contributed by atoms with Gasteiger partial charge in [0.25, 0.3) is 0 Å². The van der Waals surface area contributed by atoms with Gasteiger partial charge in [0.05, 0.1) is 13.7 Å². The molecule has 3 N–H and O–H groups in total. The molecule has 0 spiro atoms. The lowest BCUT2D eigenvalue weighted by Gasteiger charge is -2.35. The minimum atomic E-state index is -0.621. The van der Waals surface area contributed by atoms with Crippen molar-refractivity contribution >= 4 is 23.2 Å². The molecule has 0 bridgehead atoms. The van der Waals surface area contributed by atoms with E-state index in [0.29, 0.717) is 42.4 Å². The number of hydrogen-bond acceptors (Lipinski definition) is 7. The summed E-state index contributed by atoms with van der Waals surface area (Å²) in [4.78, 5) is 28.1. The number of benzene rings is 2. The molecule has 0 saturated carbocycles. The van der Waals surface area contributed by atoms with E-state index in [9.17, 15) is 14.7 Å². The molecule has 1 aliphatic rings. The van der Waals surface area contributed by atoms with Gasteiger partial charge >= 0.3 is 0 Å². The van der Waals surface area contributed by atoms with Gasteiger partial charge in [0, 0.05) is 50.5 Å². The van der Waals surface area contributed by atoms with Crippen LogP contribution in [0.15, 0.2) is 48.5 Å². The molecule has 1 unspecified atom stereocenters. The molecule has 0 aromatic heterocycles. The zero-order valence-electron chi connectivity index (χ0n) is 19.8. The smallest absolute Gasteiger partial charge is 0.238 e. The van der Waals surface area contributed by atoms with Gasteiger partial charge in [-0.05, 0) is 36.4 Å². The number of carbonyl (C=O) groups is 2. The molecule has 34 heavy (non-hydrogen) atoms. The standard InChI is InChI=1S/C25H34N4O5/c1-3-24(31)26-19-8-10-20(11-9-19)27-25(32)17-29-14-12-28(13-15-29)16-21(30)18-34-23-7-5-4-6-22(23)33-2/h4-11,21,30H,3,12-18H2,1-2H3,(H,26,31)(H,27,32). The number of methoxy groups -OCH3 is 1. The van der Waals surface area contributed by atoms with Crippen molar-refractivity contribution in [3.8, 4) is 11.5 Å². The Hall–Kier alpha value is -3.14. The Kier molecular flexibility index (Phi) is 9.69. The highest BCUT2D eigenvalue weighted by Crippen LogP contribution is 2.25. The van der Waals surface area contributed by atoms with Crippen molar-refractivity contribution in [3.05, 3.63) is 48.5 Å². The lowest BCUT2D eigenvalue weighted by Crippen LogP contribution is -2.50. The molecule has 2 aromatic carbocycles. The van der Waals surface area contributed by atoms with Crippen molar-refractivity contribution in [2.45, 2.75) is 19.4 Å². The van der Waals surface area contributed by atoms with Crippen LogP contribution in [0.3, 0.4) is 0 Å². The van der Waals surface area contributed by atoms with Crippen LogP contribution < -0.4 is 20.1 Å². The number of β-amino-alcohol motifs (C(OH)–C–C–N with tert-alkyl or cyclic N) is 1. The first-order chi connectivity index (χ1) is 16.5. The Morgan fingerprint density at radius 3 is 2.06 bits per heavy atom. The van der Waals surface area contributed by atoms with Crippen LogP contribution in [0.2, 0.25) is 0 Å². The van der Waals surface area contributed by atoms with Crippen LogP contribution in [0.25, 0.3) is 0 Å². The first kappa shape index (κ1) is 25.5. The maximum atomic E-state index is 12.4. The first-order valence-corrected chi connectivity index (χ1v) is 11.5. The van der Waals surface area contributed by atoms with E-state index >= 15 is 0 Å². The largest absolute Gasteiger partial charge is 0.493 e. The summed E-state index contributed by atoms with van der Waals surface area (Å²) in [5.74, 6) is 1.12. The molecule has 9 heteroatoms. The number of nitrogens with zero attached hydrogens (tertiary/aromatic N) is 2. The van der Waals surface area contributed by atoms with Crippen LogP contribution in [0, 0.1) is 0 Å². The van der Waals surface area contributed by atoms with Gasteiger partial charge in [-0.2, -0.15) is 0 Å². The van der Waals surface area contributed by atoms with Gasteiger partial charge in [0.2, 0.25) is 11.8 Å². The van der Waals surface area contributed by atoms with Crippen LogP contribution in [0.1, 0.15) is 13.3 Å². The van der Waals surface area contributed by atoms with Crippen molar-refractivity contribution in [1.82, 2.24) is 9.80 Å². The van der Waals surface area contributed by atoms with E-state index in [2.05, 4.69) is 20.4 Å². The van der Waals surface area contributed by atoms with Crippen LogP contribution in [0.4, 0.5) is 11.4 Å². The summed E-state index contributed by atoms with van der Waals surface area (Å²) >= 11 is 0. The van der Waals surface area contributed by atoms with Crippen LogP contribution in [-0.2, 0) is 9.59 Å². The average Bonchev–Trinajstić information content (AvgIpc) is 2.85. The van der Waals surface area contributed by atoms with E-state index in [4.69, 9.17) is 9.47 Å². The van der Waals surface area contributed by atoms with Gasteiger partial charge in [-0.25, -0.2) is 0 Å². The molecule has 2 aromatic rings. The number of anilines is 2. The summed E-state index contributed by atoms with van der Waals surface area (Å²) in [6.45, 7) is 5.83. The summed E-state index contributed by atoms with van der Waals surface area (Å²) < 4.78 is 11.0. The molecule has 2 amide bonds. The highest BCUT2D eigenvalue weighted by molar-refractivity contribution is 5.93. The van der Waals surface area contributed by atoms with E-state index in [-0.39, 0.29) is 18.4 Å². The third-order valence-corrected chi connectivity index (χ3v) is 5.57. The molecule has 9 nitrogen and oxygen atoms in total.